The number of aromatic amines is 1. The summed E-state index contributed by atoms with van der Waals surface area (Å²) in [5.41, 5.74) is 2.45. The van der Waals surface area contributed by atoms with Crippen LogP contribution in [0.4, 0.5) is 5.82 Å². The molecule has 5 rings (SSSR count). The molecule has 3 aromatic rings. The fourth-order valence-electron chi connectivity index (χ4n) is 5.42. The quantitative estimate of drug-likeness (QED) is 0.534. The minimum atomic E-state index is -3.28. The van der Waals surface area contributed by atoms with E-state index in [4.69, 9.17) is 4.74 Å². The standard InChI is InChI=1S/C25H33N5O3S/c1-34(31,32)29-24-11-13-30(25-4-2-3-12-26-25)16-21(24)17-33-22-8-5-18(6-9-22)19-7-10-23-20(14-19)15-27-28-23/h2-4,7,10,12,14-15,18,21-22,24,29H,5-6,8-9,11,13,16-17H2,1H3,(H,27,28)/t18?,21-,22?,24-/m0/s1. The number of H-pyrrole nitrogens is 1. The SMILES string of the molecule is CS(=O)(=O)N[C@H]1CCN(c2ccccn2)C[C@H]1COC1CCC(c2ccc3[nH]ncc3c2)CC1. The van der Waals surface area contributed by atoms with Crippen molar-refractivity contribution in [1.29, 1.82) is 0 Å². The number of anilines is 1. The number of ether oxygens (including phenoxy) is 1. The molecule has 1 saturated heterocycles. The van der Waals surface area contributed by atoms with Gasteiger partial charge in [0.05, 0.1) is 30.7 Å². The Kier molecular flexibility index (Phi) is 6.85. The molecule has 34 heavy (non-hydrogen) atoms. The highest BCUT2D eigenvalue weighted by Crippen LogP contribution is 2.35. The maximum absolute atomic E-state index is 12.0. The zero-order valence-corrected chi connectivity index (χ0v) is 20.4. The molecule has 0 amide bonds. The fourth-order valence-corrected chi connectivity index (χ4v) is 6.28. The summed E-state index contributed by atoms with van der Waals surface area (Å²) in [6.07, 6.45) is 10.1. The first-order valence-corrected chi connectivity index (χ1v) is 14.0. The van der Waals surface area contributed by atoms with Crippen molar-refractivity contribution in [3.8, 4) is 0 Å². The average Bonchev–Trinajstić information content (AvgIpc) is 3.31. The number of rotatable bonds is 7. The molecule has 9 heteroatoms. The lowest BCUT2D eigenvalue weighted by atomic mass is 9.82. The largest absolute Gasteiger partial charge is 0.378 e. The summed E-state index contributed by atoms with van der Waals surface area (Å²) in [6.45, 7) is 2.05. The van der Waals surface area contributed by atoms with Crippen LogP contribution >= 0.6 is 0 Å². The minimum absolute atomic E-state index is 0.0757. The number of benzene rings is 1. The molecule has 3 heterocycles. The van der Waals surface area contributed by atoms with E-state index in [2.05, 4.69) is 43.0 Å². The lowest BCUT2D eigenvalue weighted by molar-refractivity contribution is -0.00213. The molecule has 0 radical (unpaired) electrons. The van der Waals surface area contributed by atoms with Crippen molar-refractivity contribution in [1.82, 2.24) is 19.9 Å². The van der Waals surface area contributed by atoms with E-state index in [-0.39, 0.29) is 18.1 Å². The number of nitrogens with zero attached hydrogens (tertiary/aromatic N) is 3. The van der Waals surface area contributed by atoms with E-state index in [0.717, 1.165) is 61.9 Å². The lowest BCUT2D eigenvalue weighted by Crippen LogP contribution is -2.52. The molecule has 2 atom stereocenters. The molecule has 8 nitrogen and oxygen atoms in total. The van der Waals surface area contributed by atoms with Crippen molar-refractivity contribution >= 4 is 26.7 Å². The summed E-state index contributed by atoms with van der Waals surface area (Å²) in [7, 11) is -3.28. The molecule has 2 aliphatic rings. The maximum Gasteiger partial charge on any atom is 0.208 e. The van der Waals surface area contributed by atoms with E-state index in [9.17, 15) is 8.42 Å². The third-order valence-electron chi connectivity index (χ3n) is 7.23. The molecule has 182 valence electrons. The molecule has 0 unspecified atom stereocenters. The van der Waals surface area contributed by atoms with Gasteiger partial charge in [-0.3, -0.25) is 5.10 Å². The summed E-state index contributed by atoms with van der Waals surface area (Å²) in [5.74, 6) is 1.56. The van der Waals surface area contributed by atoms with Gasteiger partial charge < -0.3 is 9.64 Å². The van der Waals surface area contributed by atoms with Crippen molar-refractivity contribution in [3.63, 3.8) is 0 Å². The van der Waals surface area contributed by atoms with Gasteiger partial charge in [0, 0.05) is 36.6 Å². The number of hydrogen-bond donors (Lipinski definition) is 2. The van der Waals surface area contributed by atoms with Crippen LogP contribution in [0.25, 0.3) is 10.9 Å². The highest BCUT2D eigenvalue weighted by atomic mass is 32.2. The topological polar surface area (TPSA) is 100 Å². The molecule has 1 aromatic carbocycles. The highest BCUT2D eigenvalue weighted by molar-refractivity contribution is 7.88. The number of fused-ring (bicyclic) bond motifs is 1. The van der Waals surface area contributed by atoms with Gasteiger partial charge >= 0.3 is 0 Å². The molecule has 2 aromatic heterocycles. The van der Waals surface area contributed by atoms with E-state index in [0.29, 0.717) is 12.5 Å². The van der Waals surface area contributed by atoms with Gasteiger partial charge in [-0.1, -0.05) is 12.1 Å². The Morgan fingerprint density at radius 1 is 1.15 bits per heavy atom. The molecular formula is C25H33N5O3S. The third kappa shape index (κ3) is 5.59. The number of nitrogens with one attached hydrogen (secondary N) is 2. The van der Waals surface area contributed by atoms with Gasteiger partial charge in [-0.15, -0.1) is 0 Å². The van der Waals surface area contributed by atoms with E-state index >= 15 is 0 Å². The zero-order chi connectivity index (χ0) is 23.5. The second-order valence-corrected chi connectivity index (χ2v) is 11.5. The normalized spacial score (nSPS) is 26.1. The number of sulfonamides is 1. The van der Waals surface area contributed by atoms with Crippen LogP contribution in [0.1, 0.15) is 43.6 Å². The summed E-state index contributed by atoms with van der Waals surface area (Å²) in [6, 6.07) is 12.4. The monoisotopic (exact) mass is 483 g/mol. The van der Waals surface area contributed by atoms with Gasteiger partial charge in [0.25, 0.3) is 0 Å². The summed E-state index contributed by atoms with van der Waals surface area (Å²) >= 11 is 0. The van der Waals surface area contributed by atoms with Crippen molar-refractivity contribution in [2.45, 2.75) is 50.2 Å². The minimum Gasteiger partial charge on any atom is -0.378 e. The van der Waals surface area contributed by atoms with Gasteiger partial charge in [0.2, 0.25) is 10.0 Å². The van der Waals surface area contributed by atoms with E-state index in [1.54, 1.807) is 6.20 Å². The fraction of sp³-hybridized carbons (Fsp3) is 0.520. The predicted molar refractivity (Wildman–Crippen MR) is 133 cm³/mol. The Morgan fingerprint density at radius 3 is 2.76 bits per heavy atom. The van der Waals surface area contributed by atoms with Crippen LogP contribution < -0.4 is 9.62 Å². The van der Waals surface area contributed by atoms with Crippen LogP contribution in [0.2, 0.25) is 0 Å². The molecule has 0 spiro atoms. The van der Waals surface area contributed by atoms with Gasteiger partial charge in [-0.2, -0.15) is 5.10 Å². The number of pyridine rings is 1. The first kappa shape index (κ1) is 23.3. The molecule has 1 aliphatic carbocycles. The average molecular weight is 484 g/mol. The first-order valence-electron chi connectivity index (χ1n) is 12.1. The third-order valence-corrected chi connectivity index (χ3v) is 7.96. The van der Waals surface area contributed by atoms with Gasteiger partial charge in [-0.05, 0) is 67.9 Å². The summed E-state index contributed by atoms with van der Waals surface area (Å²) in [5, 5.41) is 8.30. The maximum atomic E-state index is 12.0. The second kappa shape index (κ2) is 10.0. The van der Waals surface area contributed by atoms with Gasteiger partial charge in [0.1, 0.15) is 5.82 Å². The second-order valence-electron chi connectivity index (χ2n) is 9.70. The first-order chi connectivity index (χ1) is 16.4. The molecule has 2 N–H and O–H groups in total. The number of piperidine rings is 1. The van der Waals surface area contributed by atoms with E-state index in [1.807, 2.05) is 24.4 Å². The Bertz CT molecular complexity index is 1190. The Morgan fingerprint density at radius 2 is 2.00 bits per heavy atom. The van der Waals surface area contributed by atoms with Crippen LogP contribution in [0.15, 0.2) is 48.8 Å². The molecule has 0 bridgehead atoms. The van der Waals surface area contributed by atoms with Gasteiger partial charge in [0.15, 0.2) is 0 Å². The predicted octanol–water partition coefficient (Wildman–Crippen LogP) is 3.45. The Labute approximate surface area is 201 Å². The van der Waals surface area contributed by atoms with E-state index < -0.39 is 10.0 Å². The smallest absolute Gasteiger partial charge is 0.208 e. The lowest BCUT2D eigenvalue weighted by Gasteiger charge is -2.40. The Hall–Kier alpha value is -2.49. The van der Waals surface area contributed by atoms with E-state index in [1.165, 1.54) is 11.8 Å². The summed E-state index contributed by atoms with van der Waals surface area (Å²) < 4.78 is 33.2. The van der Waals surface area contributed by atoms with Crippen molar-refractivity contribution in [2.24, 2.45) is 5.92 Å². The zero-order valence-electron chi connectivity index (χ0n) is 19.6. The van der Waals surface area contributed by atoms with Crippen molar-refractivity contribution < 1.29 is 13.2 Å². The molecule has 1 aliphatic heterocycles. The highest BCUT2D eigenvalue weighted by Gasteiger charge is 2.33. The van der Waals surface area contributed by atoms with Crippen molar-refractivity contribution in [2.75, 3.05) is 30.9 Å². The summed E-state index contributed by atoms with van der Waals surface area (Å²) in [4.78, 5) is 6.71. The van der Waals surface area contributed by atoms with Crippen LogP contribution in [0.3, 0.4) is 0 Å². The number of hydrogen-bond acceptors (Lipinski definition) is 6. The number of aromatic nitrogens is 3. The van der Waals surface area contributed by atoms with Crippen LogP contribution in [0.5, 0.6) is 0 Å². The molecular weight excluding hydrogens is 450 g/mol. The molecule has 2 fully saturated rings. The van der Waals surface area contributed by atoms with Crippen molar-refractivity contribution in [3.05, 3.63) is 54.4 Å². The van der Waals surface area contributed by atoms with Crippen LogP contribution in [0, 0.1) is 5.92 Å². The van der Waals surface area contributed by atoms with Crippen LogP contribution in [-0.4, -0.2) is 61.7 Å². The van der Waals surface area contributed by atoms with Gasteiger partial charge in [-0.25, -0.2) is 18.1 Å². The molecule has 1 saturated carbocycles. The van der Waals surface area contributed by atoms with Crippen LogP contribution in [-0.2, 0) is 14.8 Å². The Balaban J connectivity index is 1.18.